The minimum Gasteiger partial charge on any atom is -0.389 e. The molecule has 2 nitrogen and oxygen atoms in total. The quantitative estimate of drug-likeness (QED) is 0.817. The van der Waals surface area contributed by atoms with Crippen molar-refractivity contribution in [3.05, 3.63) is 29.3 Å². The Bertz CT molecular complexity index is 466. The second-order valence-electron chi connectivity index (χ2n) is 4.37. The minimum atomic E-state index is -0.978. The number of hydrogen-bond acceptors (Lipinski definition) is 3. The zero-order valence-corrected chi connectivity index (χ0v) is 12.9. The Morgan fingerprint density at radius 1 is 1.42 bits per heavy atom. The average molecular weight is 304 g/mol. The summed E-state index contributed by atoms with van der Waals surface area (Å²) in [4.78, 5) is 1.60. The first-order valence-electron chi connectivity index (χ1n) is 5.89. The molecule has 19 heavy (non-hydrogen) atoms. The molecule has 0 spiro atoms. The summed E-state index contributed by atoms with van der Waals surface area (Å²) in [6, 6.07) is 3.06. The van der Waals surface area contributed by atoms with E-state index in [0.717, 1.165) is 12.2 Å². The highest BCUT2D eigenvalue weighted by atomic mass is 32.2. The lowest BCUT2D eigenvalue weighted by molar-refractivity contribution is 0.502. The number of hydrogen-bond donors (Lipinski definition) is 1. The molecule has 0 aromatic heterocycles. The average Bonchev–Trinajstić information content (AvgIpc) is 2.37. The molecular weight excluding hydrogens is 286 g/mol. The summed E-state index contributed by atoms with van der Waals surface area (Å²) in [6.45, 7) is 1.98. The maximum absolute atomic E-state index is 14.0. The van der Waals surface area contributed by atoms with Crippen molar-refractivity contribution in [3.8, 4) is 0 Å². The predicted molar refractivity (Wildman–Crippen MR) is 83.1 cm³/mol. The van der Waals surface area contributed by atoms with Crippen molar-refractivity contribution >= 4 is 34.7 Å². The van der Waals surface area contributed by atoms with E-state index in [9.17, 15) is 8.78 Å². The van der Waals surface area contributed by atoms with Gasteiger partial charge in [-0.3, -0.25) is 0 Å². The van der Waals surface area contributed by atoms with Gasteiger partial charge in [-0.2, -0.15) is 11.8 Å². The van der Waals surface area contributed by atoms with Gasteiger partial charge in [-0.05, 0) is 37.5 Å². The van der Waals surface area contributed by atoms with Gasteiger partial charge in [0.1, 0.15) is 4.99 Å². The zero-order valence-electron chi connectivity index (χ0n) is 11.2. The van der Waals surface area contributed by atoms with Crippen LogP contribution in [-0.4, -0.2) is 30.1 Å². The molecule has 0 saturated heterocycles. The van der Waals surface area contributed by atoms with Gasteiger partial charge in [-0.1, -0.05) is 12.2 Å². The third-order valence-electron chi connectivity index (χ3n) is 3.11. The summed E-state index contributed by atoms with van der Waals surface area (Å²) in [5, 5.41) is 0. The van der Waals surface area contributed by atoms with E-state index < -0.39 is 11.6 Å². The highest BCUT2D eigenvalue weighted by molar-refractivity contribution is 7.98. The van der Waals surface area contributed by atoms with Crippen LogP contribution >= 0.6 is 24.0 Å². The molecule has 2 N–H and O–H groups in total. The van der Waals surface area contributed by atoms with Gasteiger partial charge < -0.3 is 10.6 Å². The first-order chi connectivity index (χ1) is 8.90. The second kappa shape index (κ2) is 7.05. The number of benzene rings is 1. The van der Waals surface area contributed by atoms with Crippen molar-refractivity contribution in [2.75, 3.05) is 24.0 Å². The fourth-order valence-electron chi connectivity index (χ4n) is 1.72. The molecule has 0 aliphatic carbocycles. The van der Waals surface area contributed by atoms with E-state index in [1.54, 1.807) is 23.7 Å². The van der Waals surface area contributed by atoms with Crippen molar-refractivity contribution in [2.24, 2.45) is 5.73 Å². The normalized spacial score (nSPS) is 12.3. The van der Waals surface area contributed by atoms with Crippen LogP contribution in [0.4, 0.5) is 14.5 Å². The van der Waals surface area contributed by atoms with Crippen LogP contribution in [0.5, 0.6) is 0 Å². The zero-order chi connectivity index (χ0) is 14.6. The Hall–Kier alpha value is -0.880. The van der Waals surface area contributed by atoms with E-state index in [0.29, 0.717) is 0 Å². The van der Waals surface area contributed by atoms with E-state index in [-0.39, 0.29) is 22.3 Å². The Balaban J connectivity index is 3.02. The standard InChI is InChI=1S/C13H18F2N2S2/c1-8(6-7-19-3)17(2)10-5-4-9(13(16)18)11(14)12(10)15/h4-5,8H,6-7H2,1-3H3,(H2,16,18). The van der Waals surface area contributed by atoms with Crippen molar-refractivity contribution < 1.29 is 8.78 Å². The molecule has 0 heterocycles. The number of anilines is 1. The molecule has 1 aromatic carbocycles. The van der Waals surface area contributed by atoms with E-state index in [4.69, 9.17) is 5.73 Å². The molecule has 106 valence electrons. The van der Waals surface area contributed by atoms with E-state index in [2.05, 4.69) is 12.2 Å². The first-order valence-corrected chi connectivity index (χ1v) is 7.70. The molecule has 0 bridgehead atoms. The van der Waals surface area contributed by atoms with Gasteiger partial charge >= 0.3 is 0 Å². The van der Waals surface area contributed by atoms with Crippen molar-refractivity contribution in [1.29, 1.82) is 0 Å². The Kier molecular flexibility index (Phi) is 6.00. The molecule has 0 fully saturated rings. The van der Waals surface area contributed by atoms with Crippen LogP contribution in [0.3, 0.4) is 0 Å². The van der Waals surface area contributed by atoms with Crippen LogP contribution in [0.1, 0.15) is 18.9 Å². The van der Waals surface area contributed by atoms with Gasteiger partial charge in [0.25, 0.3) is 0 Å². The third kappa shape index (κ3) is 3.79. The van der Waals surface area contributed by atoms with Gasteiger partial charge in [0.2, 0.25) is 0 Å². The Labute approximate surface area is 122 Å². The molecule has 1 unspecified atom stereocenters. The van der Waals surface area contributed by atoms with Gasteiger partial charge in [0, 0.05) is 18.7 Å². The van der Waals surface area contributed by atoms with Crippen molar-refractivity contribution in [3.63, 3.8) is 0 Å². The van der Waals surface area contributed by atoms with Crippen LogP contribution in [0.25, 0.3) is 0 Å². The molecule has 0 aliphatic rings. The molecule has 0 radical (unpaired) electrons. The van der Waals surface area contributed by atoms with Crippen LogP contribution in [0, 0.1) is 11.6 Å². The summed E-state index contributed by atoms with van der Waals surface area (Å²) in [5.41, 5.74) is 5.52. The number of halogens is 2. The fourth-order valence-corrected chi connectivity index (χ4v) is 2.46. The number of thiocarbonyl (C=S) groups is 1. The molecule has 0 amide bonds. The Morgan fingerprint density at radius 2 is 2.05 bits per heavy atom. The first kappa shape index (κ1) is 16.2. The Morgan fingerprint density at radius 3 is 2.58 bits per heavy atom. The predicted octanol–water partition coefficient (Wildman–Crippen LogP) is 3.18. The maximum Gasteiger partial charge on any atom is 0.182 e. The monoisotopic (exact) mass is 304 g/mol. The molecule has 1 rings (SSSR count). The number of nitrogens with zero attached hydrogens (tertiary/aromatic N) is 1. The lowest BCUT2D eigenvalue weighted by Gasteiger charge is -2.27. The van der Waals surface area contributed by atoms with Crippen LogP contribution in [0.2, 0.25) is 0 Å². The largest absolute Gasteiger partial charge is 0.389 e. The summed E-state index contributed by atoms with van der Waals surface area (Å²) in [6.07, 6.45) is 2.92. The molecule has 6 heteroatoms. The molecule has 0 aliphatic heterocycles. The molecular formula is C13H18F2N2S2. The lowest BCUT2D eigenvalue weighted by atomic mass is 10.1. The smallest absolute Gasteiger partial charge is 0.182 e. The van der Waals surface area contributed by atoms with E-state index in [1.807, 2.05) is 13.2 Å². The lowest BCUT2D eigenvalue weighted by Crippen LogP contribution is -2.30. The highest BCUT2D eigenvalue weighted by Crippen LogP contribution is 2.25. The van der Waals surface area contributed by atoms with Crippen LogP contribution < -0.4 is 10.6 Å². The van der Waals surface area contributed by atoms with Gasteiger partial charge in [-0.25, -0.2) is 8.78 Å². The number of thioether (sulfide) groups is 1. The topological polar surface area (TPSA) is 29.3 Å². The van der Waals surface area contributed by atoms with Gasteiger partial charge in [0.05, 0.1) is 5.69 Å². The second-order valence-corrected chi connectivity index (χ2v) is 5.79. The fraction of sp³-hybridized carbons (Fsp3) is 0.462. The SMILES string of the molecule is CSCCC(C)N(C)c1ccc(C(N)=S)c(F)c1F. The summed E-state index contributed by atoms with van der Waals surface area (Å²) in [7, 11) is 1.75. The number of nitrogens with two attached hydrogens (primary N) is 1. The highest BCUT2D eigenvalue weighted by Gasteiger charge is 2.19. The number of rotatable bonds is 6. The van der Waals surface area contributed by atoms with E-state index >= 15 is 0 Å². The molecule has 1 aromatic rings. The van der Waals surface area contributed by atoms with Gasteiger partial charge in [0.15, 0.2) is 11.6 Å². The minimum absolute atomic E-state index is 0.0542. The third-order valence-corrected chi connectivity index (χ3v) is 3.97. The van der Waals surface area contributed by atoms with Crippen molar-refractivity contribution in [1.82, 2.24) is 0 Å². The summed E-state index contributed by atoms with van der Waals surface area (Å²) >= 11 is 6.41. The van der Waals surface area contributed by atoms with E-state index in [1.165, 1.54) is 12.1 Å². The molecule has 0 saturated carbocycles. The molecule has 1 atom stereocenters. The maximum atomic E-state index is 14.0. The van der Waals surface area contributed by atoms with Gasteiger partial charge in [-0.15, -0.1) is 0 Å². The van der Waals surface area contributed by atoms with Crippen molar-refractivity contribution in [2.45, 2.75) is 19.4 Å². The van der Waals surface area contributed by atoms with Crippen LogP contribution in [-0.2, 0) is 0 Å². The summed E-state index contributed by atoms with van der Waals surface area (Å²) < 4.78 is 27.8. The summed E-state index contributed by atoms with van der Waals surface area (Å²) in [5.74, 6) is -0.904. The van der Waals surface area contributed by atoms with Crippen LogP contribution in [0.15, 0.2) is 12.1 Å².